The molecular weight excluding hydrogens is 249 g/mol. The molecule has 2 rings (SSSR count). The molecule has 0 radical (unpaired) electrons. The standard InChI is InChI=1S/C12H14N3.CH4.CH3.K/c1-4-11-14-10-6-8(3)7(2)5-9(10)12(13)15-11;;;/h5-6H,4H2,1-3H3,(H-,13,14,15);1H4;1H3;/q-1;;-1;+1. The molecule has 1 aromatic carbocycles. The smallest absolute Gasteiger partial charge is 0.481 e. The molecule has 1 heterocycles. The van der Waals surface area contributed by atoms with E-state index in [0.29, 0.717) is 5.82 Å². The molecular formula is C14H21KN3-. The third-order valence-electron chi connectivity index (χ3n) is 2.67. The third kappa shape index (κ3) is 4.00. The molecule has 0 amide bonds. The number of rotatable bonds is 1. The van der Waals surface area contributed by atoms with Gasteiger partial charge in [-0.2, -0.15) is 0 Å². The van der Waals surface area contributed by atoms with E-state index in [2.05, 4.69) is 16.9 Å². The van der Waals surface area contributed by atoms with Crippen LogP contribution >= 0.6 is 0 Å². The molecule has 3 nitrogen and oxygen atoms in total. The van der Waals surface area contributed by atoms with Crippen LogP contribution in [0.4, 0.5) is 5.82 Å². The number of hydrogen-bond acceptors (Lipinski definition) is 2. The van der Waals surface area contributed by atoms with Crippen molar-refractivity contribution in [3.63, 3.8) is 0 Å². The number of benzene rings is 1. The van der Waals surface area contributed by atoms with E-state index in [9.17, 15) is 0 Å². The van der Waals surface area contributed by atoms with Crippen molar-refractivity contribution in [2.75, 3.05) is 0 Å². The summed E-state index contributed by atoms with van der Waals surface area (Å²) in [6.45, 7) is 6.11. The summed E-state index contributed by atoms with van der Waals surface area (Å²) < 4.78 is 0. The van der Waals surface area contributed by atoms with Gasteiger partial charge in [-0.3, -0.25) is 4.98 Å². The predicted molar refractivity (Wildman–Crippen MR) is 75.5 cm³/mol. The van der Waals surface area contributed by atoms with Crippen LogP contribution in [0.25, 0.3) is 16.6 Å². The van der Waals surface area contributed by atoms with E-state index in [0.717, 1.165) is 23.1 Å². The molecule has 0 aliphatic carbocycles. The molecule has 2 aromatic rings. The van der Waals surface area contributed by atoms with E-state index in [1.807, 2.05) is 26.0 Å². The summed E-state index contributed by atoms with van der Waals surface area (Å²) in [5, 5.41) is 0.843. The minimum absolute atomic E-state index is 0. The van der Waals surface area contributed by atoms with Gasteiger partial charge in [0.25, 0.3) is 0 Å². The van der Waals surface area contributed by atoms with Gasteiger partial charge in [0.05, 0.1) is 5.52 Å². The fourth-order valence-corrected chi connectivity index (χ4v) is 1.59. The SMILES string of the molecule is C.CCc1nc([NH-])c2cc(C)c(C)cc2n1.[CH3-].[K+]. The average molecular weight is 270 g/mol. The summed E-state index contributed by atoms with van der Waals surface area (Å²) in [5.74, 6) is 1.08. The Hall–Kier alpha value is -0.00364. The summed E-state index contributed by atoms with van der Waals surface area (Å²) >= 11 is 0. The maximum atomic E-state index is 7.82. The van der Waals surface area contributed by atoms with E-state index in [4.69, 9.17) is 5.73 Å². The largest absolute Gasteiger partial charge is 1.00 e. The van der Waals surface area contributed by atoms with Crippen molar-refractivity contribution in [2.24, 2.45) is 0 Å². The van der Waals surface area contributed by atoms with Gasteiger partial charge < -0.3 is 18.1 Å². The monoisotopic (exact) mass is 270 g/mol. The first kappa shape index (κ1) is 20.3. The van der Waals surface area contributed by atoms with E-state index >= 15 is 0 Å². The zero-order chi connectivity index (χ0) is 11.0. The van der Waals surface area contributed by atoms with Gasteiger partial charge in [0.15, 0.2) is 0 Å². The summed E-state index contributed by atoms with van der Waals surface area (Å²) in [4.78, 5) is 8.57. The van der Waals surface area contributed by atoms with Gasteiger partial charge >= 0.3 is 51.4 Å². The molecule has 1 N–H and O–H groups in total. The van der Waals surface area contributed by atoms with Crippen molar-refractivity contribution >= 4 is 16.7 Å². The Labute approximate surface area is 153 Å². The number of nitrogens with one attached hydrogen (secondary N) is 1. The minimum Gasteiger partial charge on any atom is -0.481 e. The second kappa shape index (κ2) is 8.22. The van der Waals surface area contributed by atoms with Crippen LogP contribution in [0.15, 0.2) is 12.1 Å². The molecule has 0 unspecified atom stereocenters. The quantitative estimate of drug-likeness (QED) is 0.583. The van der Waals surface area contributed by atoms with Crippen LogP contribution in [-0.2, 0) is 6.42 Å². The predicted octanol–water partition coefficient (Wildman–Crippen LogP) is 1.58. The first-order valence-corrected chi connectivity index (χ1v) is 5.11. The molecule has 0 aliphatic rings. The average Bonchev–Trinajstić information content (AvgIpc) is 2.21. The summed E-state index contributed by atoms with van der Waals surface area (Å²) in [5.41, 5.74) is 11.1. The van der Waals surface area contributed by atoms with Crippen LogP contribution in [0.1, 0.15) is 31.3 Å². The molecule has 0 aliphatic heterocycles. The van der Waals surface area contributed by atoms with Gasteiger partial charge in [-0.1, -0.05) is 20.2 Å². The molecule has 18 heavy (non-hydrogen) atoms. The Morgan fingerprint density at radius 1 is 1.11 bits per heavy atom. The molecule has 0 saturated carbocycles. The van der Waals surface area contributed by atoms with Crippen molar-refractivity contribution < 1.29 is 51.4 Å². The molecule has 0 spiro atoms. The van der Waals surface area contributed by atoms with Crippen molar-refractivity contribution in [3.05, 3.63) is 42.2 Å². The van der Waals surface area contributed by atoms with Gasteiger partial charge in [-0.05, 0) is 48.9 Å². The maximum Gasteiger partial charge on any atom is 1.00 e. The van der Waals surface area contributed by atoms with Gasteiger partial charge in [0, 0.05) is 5.82 Å². The number of fused-ring (bicyclic) bond motifs is 1. The summed E-state index contributed by atoms with van der Waals surface area (Å²) in [6, 6.07) is 4.02. The van der Waals surface area contributed by atoms with Crippen LogP contribution in [0.5, 0.6) is 0 Å². The maximum absolute atomic E-state index is 7.82. The van der Waals surface area contributed by atoms with Crippen LogP contribution in [-0.4, -0.2) is 9.97 Å². The summed E-state index contributed by atoms with van der Waals surface area (Å²) in [6.07, 6.45) is 0.773. The first-order chi connectivity index (χ1) is 7.11. The number of hydrogen-bond donors (Lipinski definition) is 0. The van der Waals surface area contributed by atoms with E-state index in [-0.39, 0.29) is 66.2 Å². The van der Waals surface area contributed by atoms with Crippen molar-refractivity contribution in [1.29, 1.82) is 0 Å². The van der Waals surface area contributed by atoms with E-state index in [1.165, 1.54) is 11.1 Å². The topological polar surface area (TPSA) is 49.6 Å². The van der Waals surface area contributed by atoms with Crippen LogP contribution < -0.4 is 51.4 Å². The van der Waals surface area contributed by atoms with Crippen LogP contribution in [0.2, 0.25) is 0 Å². The Balaban J connectivity index is 0. The molecule has 1 aromatic heterocycles. The zero-order valence-electron chi connectivity index (χ0n) is 11.3. The Bertz CT molecular complexity index is 524. The van der Waals surface area contributed by atoms with Gasteiger partial charge in [-0.15, -0.1) is 0 Å². The minimum atomic E-state index is 0. The van der Waals surface area contributed by atoms with Gasteiger partial charge in [0.2, 0.25) is 0 Å². The fraction of sp³-hybridized carbons (Fsp3) is 0.357. The van der Waals surface area contributed by atoms with Crippen molar-refractivity contribution in [1.82, 2.24) is 9.97 Å². The number of aromatic nitrogens is 2. The molecule has 94 valence electrons. The Morgan fingerprint density at radius 2 is 1.67 bits per heavy atom. The molecule has 0 saturated heterocycles. The molecule has 0 atom stereocenters. The van der Waals surface area contributed by atoms with Gasteiger partial charge in [0.1, 0.15) is 0 Å². The van der Waals surface area contributed by atoms with E-state index < -0.39 is 0 Å². The summed E-state index contributed by atoms with van der Waals surface area (Å²) in [7, 11) is 0. The molecule has 0 bridgehead atoms. The van der Waals surface area contributed by atoms with Crippen LogP contribution in [0, 0.1) is 21.3 Å². The normalized spacial score (nSPS) is 9.06. The molecule has 4 heteroatoms. The first-order valence-electron chi connectivity index (χ1n) is 5.11. The van der Waals surface area contributed by atoms with Crippen molar-refractivity contribution in [3.8, 4) is 0 Å². The zero-order valence-corrected chi connectivity index (χ0v) is 14.4. The van der Waals surface area contributed by atoms with E-state index in [1.54, 1.807) is 0 Å². The Kier molecular flexibility index (Phi) is 9.28. The number of aryl methyl sites for hydroxylation is 3. The second-order valence-electron chi connectivity index (χ2n) is 3.80. The third-order valence-corrected chi connectivity index (χ3v) is 2.67. The molecule has 0 fully saturated rings. The fourth-order valence-electron chi connectivity index (χ4n) is 1.59. The van der Waals surface area contributed by atoms with Crippen molar-refractivity contribution in [2.45, 2.75) is 34.6 Å². The van der Waals surface area contributed by atoms with Crippen LogP contribution in [0.3, 0.4) is 0 Å². The second-order valence-corrected chi connectivity index (χ2v) is 3.80. The Morgan fingerprint density at radius 3 is 2.22 bits per heavy atom. The van der Waals surface area contributed by atoms with Gasteiger partial charge in [-0.25, -0.2) is 0 Å². The number of nitrogens with zero attached hydrogens (tertiary/aromatic N) is 2.